The highest BCUT2D eigenvalue weighted by Gasteiger charge is 2.02. The highest BCUT2D eigenvalue weighted by atomic mass is 79.9. The second-order valence-electron chi connectivity index (χ2n) is 3.54. The Morgan fingerprint density at radius 3 is 2.82 bits per heavy atom. The van der Waals surface area contributed by atoms with Gasteiger partial charge in [0.05, 0.1) is 23.6 Å². The molecule has 0 amide bonds. The average molecular weight is 313 g/mol. The van der Waals surface area contributed by atoms with Crippen LogP contribution in [0.15, 0.2) is 45.5 Å². The van der Waals surface area contributed by atoms with Crippen molar-refractivity contribution in [2.24, 2.45) is 0 Å². The Kier molecular flexibility index (Phi) is 4.57. The molecule has 0 aliphatic rings. The first-order valence-electron chi connectivity index (χ1n) is 5.22. The van der Waals surface area contributed by atoms with Gasteiger partial charge in [0.25, 0.3) is 0 Å². The molecule has 2 aromatic rings. The first-order valence-corrected chi connectivity index (χ1v) is 7.17. The fraction of sp³-hybridized carbons (Fsp3) is 0.231. The molecule has 0 aliphatic heterocycles. The Morgan fingerprint density at radius 1 is 1.29 bits per heavy atom. The lowest BCUT2D eigenvalue weighted by Gasteiger charge is -2.05. The van der Waals surface area contributed by atoms with Gasteiger partial charge in [0.2, 0.25) is 0 Å². The summed E-state index contributed by atoms with van der Waals surface area (Å²) in [5.41, 5.74) is 1.27. The van der Waals surface area contributed by atoms with Crippen LogP contribution in [-0.2, 0) is 11.5 Å². The van der Waals surface area contributed by atoms with Crippen molar-refractivity contribution in [3.63, 3.8) is 0 Å². The molecule has 0 spiro atoms. The van der Waals surface area contributed by atoms with Crippen molar-refractivity contribution in [1.82, 2.24) is 0 Å². The minimum Gasteiger partial charge on any atom is -0.496 e. The van der Waals surface area contributed by atoms with E-state index in [0.29, 0.717) is 0 Å². The Morgan fingerprint density at radius 2 is 2.18 bits per heavy atom. The second kappa shape index (κ2) is 6.17. The molecular formula is C13H13BrO2S. The second-order valence-corrected chi connectivity index (χ2v) is 5.38. The predicted molar refractivity (Wildman–Crippen MR) is 74.4 cm³/mol. The van der Waals surface area contributed by atoms with Crippen LogP contribution in [0, 0.1) is 0 Å². The summed E-state index contributed by atoms with van der Waals surface area (Å²) >= 11 is 5.32. The van der Waals surface area contributed by atoms with Gasteiger partial charge >= 0.3 is 0 Å². The fourth-order valence-corrected chi connectivity index (χ4v) is 2.93. The predicted octanol–water partition coefficient (Wildman–Crippen LogP) is 4.48. The molecule has 0 atom stereocenters. The third-order valence-electron chi connectivity index (χ3n) is 2.31. The zero-order valence-electron chi connectivity index (χ0n) is 9.48. The van der Waals surface area contributed by atoms with Crippen LogP contribution in [0.5, 0.6) is 5.75 Å². The van der Waals surface area contributed by atoms with E-state index < -0.39 is 0 Å². The third kappa shape index (κ3) is 3.54. The van der Waals surface area contributed by atoms with Gasteiger partial charge in [0, 0.05) is 5.75 Å². The molecule has 1 aromatic heterocycles. The summed E-state index contributed by atoms with van der Waals surface area (Å²) < 4.78 is 11.5. The van der Waals surface area contributed by atoms with E-state index in [-0.39, 0.29) is 0 Å². The van der Waals surface area contributed by atoms with E-state index in [4.69, 9.17) is 9.15 Å². The van der Waals surface area contributed by atoms with Gasteiger partial charge in [-0.05, 0) is 45.8 Å². The monoisotopic (exact) mass is 312 g/mol. The molecule has 0 N–H and O–H groups in total. The van der Waals surface area contributed by atoms with Crippen molar-refractivity contribution in [1.29, 1.82) is 0 Å². The number of hydrogen-bond acceptors (Lipinski definition) is 3. The normalized spacial score (nSPS) is 10.5. The number of halogens is 1. The maximum atomic E-state index is 5.28. The summed E-state index contributed by atoms with van der Waals surface area (Å²) in [6.07, 6.45) is 1.71. The Hall–Kier alpha value is -0.870. The van der Waals surface area contributed by atoms with E-state index >= 15 is 0 Å². The molecule has 2 rings (SSSR count). The van der Waals surface area contributed by atoms with Crippen molar-refractivity contribution in [3.05, 3.63) is 52.4 Å². The molecule has 0 bridgehead atoms. The molecule has 0 unspecified atom stereocenters. The summed E-state index contributed by atoms with van der Waals surface area (Å²) in [5.74, 6) is 3.74. The average Bonchev–Trinajstić information content (AvgIpc) is 2.82. The number of ether oxygens (including phenoxy) is 1. The quantitative estimate of drug-likeness (QED) is 0.812. The van der Waals surface area contributed by atoms with Crippen LogP contribution in [0.4, 0.5) is 0 Å². The van der Waals surface area contributed by atoms with E-state index in [9.17, 15) is 0 Å². The topological polar surface area (TPSA) is 22.4 Å². The SMILES string of the molecule is COc1ccc(CSCc2ccco2)cc1Br. The number of benzene rings is 1. The van der Waals surface area contributed by atoms with Gasteiger partial charge in [-0.25, -0.2) is 0 Å². The van der Waals surface area contributed by atoms with Gasteiger partial charge in [-0.1, -0.05) is 6.07 Å². The van der Waals surface area contributed by atoms with Gasteiger partial charge in [0.15, 0.2) is 0 Å². The van der Waals surface area contributed by atoms with Crippen molar-refractivity contribution < 1.29 is 9.15 Å². The molecule has 2 nitrogen and oxygen atoms in total. The maximum Gasteiger partial charge on any atom is 0.133 e. The van der Waals surface area contributed by atoms with Gasteiger partial charge in [0.1, 0.15) is 11.5 Å². The molecular weight excluding hydrogens is 300 g/mol. The first-order chi connectivity index (χ1) is 8.29. The largest absolute Gasteiger partial charge is 0.496 e. The lowest BCUT2D eigenvalue weighted by Crippen LogP contribution is -1.87. The zero-order valence-corrected chi connectivity index (χ0v) is 11.9. The van der Waals surface area contributed by atoms with E-state index in [2.05, 4.69) is 28.1 Å². The van der Waals surface area contributed by atoms with Crippen LogP contribution in [-0.4, -0.2) is 7.11 Å². The number of rotatable bonds is 5. The maximum absolute atomic E-state index is 5.28. The molecule has 1 heterocycles. The summed E-state index contributed by atoms with van der Waals surface area (Å²) in [7, 11) is 1.67. The summed E-state index contributed by atoms with van der Waals surface area (Å²) in [6, 6.07) is 10.1. The van der Waals surface area contributed by atoms with Crippen LogP contribution in [0.2, 0.25) is 0 Å². The minimum absolute atomic E-state index is 0.866. The smallest absolute Gasteiger partial charge is 0.133 e. The lowest BCUT2D eigenvalue weighted by molar-refractivity contribution is 0.412. The molecule has 0 radical (unpaired) electrons. The van der Waals surface area contributed by atoms with Crippen molar-refractivity contribution in [2.75, 3.05) is 7.11 Å². The minimum atomic E-state index is 0.866. The van der Waals surface area contributed by atoms with Gasteiger partial charge in [-0.15, -0.1) is 11.8 Å². The lowest BCUT2D eigenvalue weighted by atomic mass is 10.2. The highest BCUT2D eigenvalue weighted by molar-refractivity contribution is 9.10. The van der Waals surface area contributed by atoms with E-state index in [1.165, 1.54) is 5.56 Å². The molecule has 0 saturated carbocycles. The van der Waals surface area contributed by atoms with Crippen LogP contribution in [0.25, 0.3) is 0 Å². The van der Waals surface area contributed by atoms with Crippen LogP contribution >= 0.6 is 27.7 Å². The summed E-state index contributed by atoms with van der Waals surface area (Å²) in [6.45, 7) is 0. The highest BCUT2D eigenvalue weighted by Crippen LogP contribution is 2.27. The first kappa shape index (κ1) is 12.6. The van der Waals surface area contributed by atoms with Crippen LogP contribution < -0.4 is 4.74 Å². The molecule has 17 heavy (non-hydrogen) atoms. The number of thioether (sulfide) groups is 1. The molecule has 0 fully saturated rings. The van der Waals surface area contributed by atoms with Gasteiger partial charge in [-0.3, -0.25) is 0 Å². The van der Waals surface area contributed by atoms with Gasteiger partial charge < -0.3 is 9.15 Å². The molecule has 0 aliphatic carbocycles. The van der Waals surface area contributed by atoms with Crippen molar-refractivity contribution in [3.8, 4) is 5.75 Å². The molecule has 4 heteroatoms. The number of hydrogen-bond donors (Lipinski definition) is 0. The summed E-state index contributed by atoms with van der Waals surface area (Å²) in [5, 5.41) is 0. The molecule has 0 saturated heterocycles. The third-order valence-corrected chi connectivity index (χ3v) is 3.96. The fourth-order valence-electron chi connectivity index (χ4n) is 1.46. The van der Waals surface area contributed by atoms with Crippen LogP contribution in [0.1, 0.15) is 11.3 Å². The molecule has 1 aromatic carbocycles. The Bertz CT molecular complexity index is 468. The Balaban J connectivity index is 1.89. The standard InChI is InChI=1S/C13H13BrO2S/c1-15-13-5-4-10(7-12(13)14)8-17-9-11-3-2-6-16-11/h2-7H,8-9H2,1H3. The van der Waals surface area contributed by atoms with Crippen LogP contribution in [0.3, 0.4) is 0 Å². The van der Waals surface area contributed by atoms with E-state index in [1.54, 1.807) is 13.4 Å². The van der Waals surface area contributed by atoms with E-state index in [1.807, 2.05) is 30.0 Å². The summed E-state index contributed by atoms with van der Waals surface area (Å²) in [4.78, 5) is 0. The van der Waals surface area contributed by atoms with Gasteiger partial charge in [-0.2, -0.15) is 0 Å². The number of methoxy groups -OCH3 is 1. The zero-order chi connectivity index (χ0) is 12.1. The van der Waals surface area contributed by atoms with Crippen molar-refractivity contribution >= 4 is 27.7 Å². The molecule has 90 valence electrons. The number of furan rings is 1. The van der Waals surface area contributed by atoms with Crippen molar-refractivity contribution in [2.45, 2.75) is 11.5 Å². The Labute approximate surface area is 113 Å². The van der Waals surface area contributed by atoms with E-state index in [0.717, 1.165) is 27.5 Å².